The Morgan fingerprint density at radius 2 is 2.05 bits per heavy atom. The molecule has 0 spiro atoms. The molecule has 104 valence electrons. The maximum atomic E-state index is 11.0. The van der Waals surface area contributed by atoms with Gasteiger partial charge in [-0.15, -0.1) is 0 Å². The number of nitro groups is 1. The molecule has 3 N–H and O–H groups in total. The number of nitrogens with two attached hydrogens (primary N) is 1. The molecular weight excluding hydrogens is 250 g/mol. The summed E-state index contributed by atoms with van der Waals surface area (Å²) in [7, 11) is 0. The van der Waals surface area contributed by atoms with Gasteiger partial charge in [0.25, 0.3) is 0 Å². The maximum absolute atomic E-state index is 11.0. The van der Waals surface area contributed by atoms with Gasteiger partial charge in [0.15, 0.2) is 0 Å². The summed E-state index contributed by atoms with van der Waals surface area (Å²) in [6.45, 7) is 3.51. The largest absolute Gasteiger partial charge is 0.395 e. The van der Waals surface area contributed by atoms with Crippen LogP contribution in [0.15, 0.2) is 12.1 Å². The molecule has 8 nitrogen and oxygen atoms in total. The lowest BCUT2D eigenvalue weighted by atomic mass is 10.2. The molecule has 1 aromatic heterocycles. The quantitative estimate of drug-likeness (QED) is 0.568. The number of aliphatic hydroxyl groups is 1. The van der Waals surface area contributed by atoms with Gasteiger partial charge in [0.2, 0.25) is 5.82 Å². The van der Waals surface area contributed by atoms with Gasteiger partial charge in [-0.25, -0.2) is 4.98 Å². The fourth-order valence-corrected chi connectivity index (χ4v) is 2.16. The Hall–Kier alpha value is -1.93. The lowest BCUT2D eigenvalue weighted by Crippen LogP contribution is -2.47. The molecule has 2 heterocycles. The minimum Gasteiger partial charge on any atom is -0.395 e. The average molecular weight is 267 g/mol. The second-order valence-electron chi connectivity index (χ2n) is 4.39. The molecule has 0 bridgehead atoms. The molecule has 0 aromatic carbocycles. The Morgan fingerprint density at radius 3 is 2.63 bits per heavy atom. The molecule has 19 heavy (non-hydrogen) atoms. The Balaban J connectivity index is 2.14. The zero-order valence-electron chi connectivity index (χ0n) is 10.5. The lowest BCUT2D eigenvalue weighted by molar-refractivity contribution is -0.384. The van der Waals surface area contributed by atoms with Gasteiger partial charge in [0.05, 0.1) is 11.5 Å². The van der Waals surface area contributed by atoms with Crippen molar-refractivity contribution in [3.8, 4) is 0 Å². The van der Waals surface area contributed by atoms with Crippen LogP contribution in [-0.2, 0) is 0 Å². The standard InChI is InChI=1S/C11H17N5O3/c12-10-2-1-9(16(18)19)11(13-10)15-5-3-14(4-6-15)7-8-17/h1-2,17H,3-8H2,(H2,12,13). The highest BCUT2D eigenvalue weighted by Gasteiger charge is 2.25. The predicted molar refractivity (Wildman–Crippen MR) is 71.0 cm³/mol. The average Bonchev–Trinajstić information content (AvgIpc) is 2.39. The van der Waals surface area contributed by atoms with Crippen LogP contribution in [0.4, 0.5) is 17.3 Å². The van der Waals surface area contributed by atoms with E-state index < -0.39 is 4.92 Å². The molecule has 1 fully saturated rings. The first-order valence-electron chi connectivity index (χ1n) is 6.11. The number of aromatic nitrogens is 1. The zero-order chi connectivity index (χ0) is 13.8. The topological polar surface area (TPSA) is 109 Å². The smallest absolute Gasteiger partial charge is 0.311 e. The molecule has 0 saturated carbocycles. The number of nitrogens with zero attached hydrogens (tertiary/aromatic N) is 4. The number of β-amino-alcohol motifs (C(OH)–C–C–N with tert-alkyl or cyclic N) is 1. The molecule has 2 rings (SSSR count). The predicted octanol–water partition coefficient (Wildman–Crippen LogP) is -0.314. The minimum absolute atomic E-state index is 0.0233. The molecule has 0 radical (unpaired) electrons. The van der Waals surface area contributed by atoms with Gasteiger partial charge in [-0.1, -0.05) is 0 Å². The van der Waals surface area contributed by atoms with Crippen LogP contribution < -0.4 is 10.6 Å². The molecule has 1 aromatic rings. The van der Waals surface area contributed by atoms with Gasteiger partial charge in [0, 0.05) is 38.8 Å². The van der Waals surface area contributed by atoms with Crippen LogP contribution in [-0.4, -0.2) is 59.2 Å². The number of nitrogen functional groups attached to an aromatic ring is 1. The number of hydrogen-bond donors (Lipinski definition) is 2. The zero-order valence-corrected chi connectivity index (χ0v) is 10.5. The lowest BCUT2D eigenvalue weighted by Gasteiger charge is -2.34. The van der Waals surface area contributed by atoms with E-state index in [1.807, 2.05) is 4.90 Å². The summed E-state index contributed by atoms with van der Waals surface area (Å²) in [5.74, 6) is 0.604. The van der Waals surface area contributed by atoms with Gasteiger partial charge in [-0.3, -0.25) is 15.0 Å². The number of piperazine rings is 1. The van der Waals surface area contributed by atoms with Crippen LogP contribution in [0.3, 0.4) is 0 Å². The molecule has 0 unspecified atom stereocenters. The molecular formula is C11H17N5O3. The number of pyridine rings is 1. The van der Waals surface area contributed by atoms with E-state index in [2.05, 4.69) is 9.88 Å². The van der Waals surface area contributed by atoms with Gasteiger partial charge in [-0.05, 0) is 6.07 Å². The molecule has 0 aliphatic carbocycles. The molecule has 1 saturated heterocycles. The van der Waals surface area contributed by atoms with Crippen molar-refractivity contribution >= 4 is 17.3 Å². The van der Waals surface area contributed by atoms with Crippen LogP contribution in [0, 0.1) is 10.1 Å². The summed E-state index contributed by atoms with van der Waals surface area (Å²) >= 11 is 0. The maximum Gasteiger partial charge on any atom is 0.311 e. The van der Waals surface area contributed by atoms with Crippen molar-refractivity contribution < 1.29 is 10.0 Å². The van der Waals surface area contributed by atoms with E-state index in [1.54, 1.807) is 0 Å². The number of hydrogen-bond acceptors (Lipinski definition) is 7. The number of rotatable bonds is 4. The summed E-state index contributed by atoms with van der Waals surface area (Å²) in [5, 5.41) is 19.9. The van der Waals surface area contributed by atoms with E-state index in [1.165, 1.54) is 12.1 Å². The summed E-state index contributed by atoms with van der Waals surface area (Å²) in [6.07, 6.45) is 0. The monoisotopic (exact) mass is 267 g/mol. The highest BCUT2D eigenvalue weighted by molar-refractivity contribution is 5.61. The first-order chi connectivity index (χ1) is 9.11. The van der Waals surface area contributed by atoms with E-state index >= 15 is 0 Å². The molecule has 1 aliphatic rings. The SMILES string of the molecule is Nc1ccc([N+](=O)[O-])c(N2CCN(CCO)CC2)n1. The van der Waals surface area contributed by atoms with Crippen LogP contribution in [0.2, 0.25) is 0 Å². The third-order valence-corrected chi connectivity index (χ3v) is 3.16. The van der Waals surface area contributed by atoms with E-state index in [0.717, 1.165) is 13.1 Å². The summed E-state index contributed by atoms with van der Waals surface area (Å²) in [5.41, 5.74) is 5.58. The molecule has 0 atom stereocenters. The fraction of sp³-hybridized carbons (Fsp3) is 0.545. The van der Waals surface area contributed by atoms with Crippen molar-refractivity contribution in [1.29, 1.82) is 0 Å². The normalized spacial score (nSPS) is 16.6. The summed E-state index contributed by atoms with van der Waals surface area (Å²) in [4.78, 5) is 18.6. The van der Waals surface area contributed by atoms with Crippen molar-refractivity contribution in [3.63, 3.8) is 0 Å². The van der Waals surface area contributed by atoms with Crippen molar-refractivity contribution in [1.82, 2.24) is 9.88 Å². The van der Waals surface area contributed by atoms with E-state index in [9.17, 15) is 10.1 Å². The highest BCUT2D eigenvalue weighted by atomic mass is 16.6. The van der Waals surface area contributed by atoms with E-state index in [-0.39, 0.29) is 18.1 Å². The molecule has 8 heteroatoms. The first kappa shape index (κ1) is 13.5. The van der Waals surface area contributed by atoms with Crippen molar-refractivity contribution in [3.05, 3.63) is 22.2 Å². The van der Waals surface area contributed by atoms with Gasteiger partial charge >= 0.3 is 5.69 Å². The fourth-order valence-electron chi connectivity index (χ4n) is 2.16. The van der Waals surface area contributed by atoms with E-state index in [0.29, 0.717) is 25.5 Å². The third-order valence-electron chi connectivity index (χ3n) is 3.16. The minimum atomic E-state index is -0.443. The van der Waals surface area contributed by atoms with Crippen molar-refractivity contribution in [2.24, 2.45) is 0 Å². The number of aliphatic hydroxyl groups excluding tert-OH is 1. The van der Waals surface area contributed by atoms with Gasteiger partial charge < -0.3 is 15.7 Å². The van der Waals surface area contributed by atoms with Crippen LogP contribution in [0.1, 0.15) is 0 Å². The Bertz CT molecular complexity index is 460. The first-order valence-corrected chi connectivity index (χ1v) is 6.11. The van der Waals surface area contributed by atoms with Gasteiger partial charge in [-0.2, -0.15) is 0 Å². The van der Waals surface area contributed by atoms with Crippen LogP contribution >= 0.6 is 0 Å². The third kappa shape index (κ3) is 3.09. The van der Waals surface area contributed by atoms with Gasteiger partial charge in [0.1, 0.15) is 5.82 Å². The van der Waals surface area contributed by atoms with E-state index in [4.69, 9.17) is 10.8 Å². The molecule has 0 amide bonds. The Labute approximate surface area is 110 Å². The highest BCUT2D eigenvalue weighted by Crippen LogP contribution is 2.27. The second-order valence-corrected chi connectivity index (χ2v) is 4.39. The number of anilines is 2. The Kier molecular flexibility index (Phi) is 4.13. The van der Waals surface area contributed by atoms with Crippen molar-refractivity contribution in [2.45, 2.75) is 0 Å². The van der Waals surface area contributed by atoms with Crippen LogP contribution in [0.25, 0.3) is 0 Å². The molecule has 1 aliphatic heterocycles. The summed E-state index contributed by atoms with van der Waals surface area (Å²) in [6, 6.07) is 2.82. The Morgan fingerprint density at radius 1 is 1.37 bits per heavy atom. The van der Waals surface area contributed by atoms with Crippen molar-refractivity contribution in [2.75, 3.05) is 50.0 Å². The van der Waals surface area contributed by atoms with Crippen LogP contribution in [0.5, 0.6) is 0 Å². The summed E-state index contributed by atoms with van der Waals surface area (Å²) < 4.78 is 0. The second kappa shape index (κ2) is 5.81.